The summed E-state index contributed by atoms with van der Waals surface area (Å²) in [4.78, 5) is 34.2. The van der Waals surface area contributed by atoms with Gasteiger partial charge in [0.2, 0.25) is 11.9 Å². The van der Waals surface area contributed by atoms with Crippen molar-refractivity contribution in [3.63, 3.8) is 0 Å². The number of hydrogen-bond acceptors (Lipinski definition) is 5. The molecule has 1 aromatic heterocycles. The van der Waals surface area contributed by atoms with Crippen molar-refractivity contribution < 1.29 is 22.8 Å². The Hall–Kier alpha value is -2.16. The Morgan fingerprint density at radius 3 is 2.80 bits per heavy atom. The zero-order valence-corrected chi connectivity index (χ0v) is 13.7. The van der Waals surface area contributed by atoms with Gasteiger partial charge >= 0.3 is 6.18 Å². The van der Waals surface area contributed by atoms with E-state index in [0.717, 1.165) is 9.80 Å². The molecule has 6 nitrogen and oxygen atoms in total. The van der Waals surface area contributed by atoms with Crippen LogP contribution < -0.4 is 0 Å². The molecule has 134 valence electrons. The second-order valence-electron chi connectivity index (χ2n) is 5.75. The van der Waals surface area contributed by atoms with Crippen molar-refractivity contribution in [3.05, 3.63) is 30.1 Å². The number of amides is 1. The number of aliphatic imine (C=N–C) groups is 1. The van der Waals surface area contributed by atoms with Crippen LogP contribution in [0.4, 0.5) is 13.2 Å². The zero-order valence-electron chi connectivity index (χ0n) is 12.9. The van der Waals surface area contributed by atoms with Crippen LogP contribution in [0, 0.1) is 0 Å². The maximum Gasteiger partial charge on any atom is 0.408 e. The summed E-state index contributed by atoms with van der Waals surface area (Å²) in [6, 6.07) is 1.09. The number of Topliss-reactive ketones (excluding diaryl/α,β-unsaturated/α-hetero) is 1. The highest BCUT2D eigenvalue weighted by molar-refractivity contribution is 6.23. The Bertz CT molecular complexity index is 710. The van der Waals surface area contributed by atoms with Crippen LogP contribution in [0.5, 0.6) is 0 Å². The van der Waals surface area contributed by atoms with Gasteiger partial charge in [-0.3, -0.25) is 19.5 Å². The molecule has 0 N–H and O–H groups in total. The number of halogens is 4. The molecule has 3 rings (SSSR count). The van der Waals surface area contributed by atoms with Crippen molar-refractivity contribution in [2.24, 2.45) is 4.99 Å². The van der Waals surface area contributed by atoms with Crippen molar-refractivity contribution in [1.29, 1.82) is 0 Å². The molecule has 1 fully saturated rings. The normalized spacial score (nSPS) is 24.0. The molecule has 3 heterocycles. The molecule has 1 saturated heterocycles. The number of rotatable bonds is 3. The molecule has 0 radical (unpaired) electrons. The standard InChI is InChI=1S/C15H14ClF3N4O2/c16-12-6-13(25)22-5-3-11(15(17,18)19)23(14(22)21-12)8-10(24)9-2-1-4-20-7-9/h1-2,4,7,11-12H,3,5-6,8H2/t11-,12?/m0/s1. The van der Waals surface area contributed by atoms with Gasteiger partial charge in [0.05, 0.1) is 13.0 Å². The fraction of sp³-hybridized carbons (Fsp3) is 0.467. The van der Waals surface area contributed by atoms with Crippen LogP contribution in [-0.2, 0) is 4.79 Å². The first-order chi connectivity index (χ1) is 11.8. The Kier molecular flexibility index (Phi) is 4.68. The molecule has 0 bridgehead atoms. The zero-order chi connectivity index (χ0) is 18.2. The van der Waals surface area contributed by atoms with Crippen molar-refractivity contribution >= 4 is 29.3 Å². The van der Waals surface area contributed by atoms with Crippen LogP contribution in [-0.4, -0.2) is 63.2 Å². The van der Waals surface area contributed by atoms with Gasteiger partial charge in [-0.25, -0.2) is 4.99 Å². The van der Waals surface area contributed by atoms with Gasteiger partial charge in [-0.1, -0.05) is 11.6 Å². The van der Waals surface area contributed by atoms with Crippen LogP contribution in [0.2, 0.25) is 0 Å². The molecule has 0 saturated carbocycles. The van der Waals surface area contributed by atoms with Gasteiger partial charge in [0.1, 0.15) is 11.5 Å². The summed E-state index contributed by atoms with van der Waals surface area (Å²) < 4.78 is 40.3. The molecule has 1 unspecified atom stereocenters. The number of carbonyl (C=O) groups is 2. The van der Waals surface area contributed by atoms with E-state index in [0.29, 0.717) is 0 Å². The highest BCUT2D eigenvalue weighted by atomic mass is 35.5. The van der Waals surface area contributed by atoms with Gasteiger partial charge in [-0.05, 0) is 18.6 Å². The average Bonchev–Trinajstić information content (AvgIpc) is 2.55. The van der Waals surface area contributed by atoms with Gasteiger partial charge < -0.3 is 4.90 Å². The molecule has 1 amide bonds. The second-order valence-corrected chi connectivity index (χ2v) is 6.26. The fourth-order valence-electron chi connectivity index (χ4n) is 2.90. The van der Waals surface area contributed by atoms with Gasteiger partial charge in [-0.2, -0.15) is 13.2 Å². The minimum absolute atomic E-state index is 0.0773. The van der Waals surface area contributed by atoms with Crippen molar-refractivity contribution in [1.82, 2.24) is 14.8 Å². The number of aromatic nitrogens is 1. The smallest absolute Gasteiger partial charge is 0.323 e. The monoisotopic (exact) mass is 374 g/mol. The minimum atomic E-state index is -4.56. The number of guanidine groups is 1. The molecule has 2 aliphatic heterocycles. The maximum absolute atomic E-state index is 13.4. The molecule has 0 aromatic carbocycles. The number of fused-ring (bicyclic) bond motifs is 1. The number of hydrogen-bond donors (Lipinski definition) is 0. The van der Waals surface area contributed by atoms with E-state index in [9.17, 15) is 22.8 Å². The predicted octanol–water partition coefficient (Wildman–Crippen LogP) is 2.05. The predicted molar refractivity (Wildman–Crippen MR) is 83.1 cm³/mol. The summed E-state index contributed by atoms with van der Waals surface area (Å²) in [6.45, 7) is -0.675. The molecule has 25 heavy (non-hydrogen) atoms. The number of alkyl halides is 4. The first-order valence-corrected chi connectivity index (χ1v) is 8.00. The highest BCUT2D eigenvalue weighted by Gasteiger charge is 2.50. The summed E-state index contributed by atoms with van der Waals surface area (Å²) in [5.74, 6) is -1.14. The van der Waals surface area contributed by atoms with Crippen LogP contribution in [0.15, 0.2) is 29.5 Å². The van der Waals surface area contributed by atoms with E-state index in [1.165, 1.54) is 24.5 Å². The first-order valence-electron chi connectivity index (χ1n) is 7.56. The van der Waals surface area contributed by atoms with Crippen LogP contribution in [0.3, 0.4) is 0 Å². The van der Waals surface area contributed by atoms with E-state index in [1.54, 1.807) is 0 Å². The van der Waals surface area contributed by atoms with E-state index >= 15 is 0 Å². The Balaban J connectivity index is 1.94. The lowest BCUT2D eigenvalue weighted by atomic mass is 10.1. The molecule has 0 aliphatic carbocycles. The molecular formula is C15H14ClF3N4O2. The second kappa shape index (κ2) is 6.62. The fourth-order valence-corrected chi connectivity index (χ4v) is 3.12. The van der Waals surface area contributed by atoms with Crippen LogP contribution in [0.1, 0.15) is 23.2 Å². The van der Waals surface area contributed by atoms with Gasteiger partial charge in [0, 0.05) is 24.5 Å². The lowest BCUT2D eigenvalue weighted by Gasteiger charge is -2.45. The SMILES string of the molecule is O=C(CN1C2=NC(Cl)CC(=O)N2CC[C@H]1C(F)(F)F)c1cccnc1. The largest absolute Gasteiger partial charge is 0.408 e. The molecule has 10 heteroatoms. The summed E-state index contributed by atoms with van der Waals surface area (Å²) in [5, 5.41) is 0. The summed E-state index contributed by atoms with van der Waals surface area (Å²) >= 11 is 5.87. The quantitative estimate of drug-likeness (QED) is 0.461. The van der Waals surface area contributed by atoms with E-state index in [1.807, 2.05) is 0 Å². The number of ketones is 1. The summed E-state index contributed by atoms with van der Waals surface area (Å²) in [6.07, 6.45) is -2.23. The minimum Gasteiger partial charge on any atom is -0.323 e. The third kappa shape index (κ3) is 3.60. The summed E-state index contributed by atoms with van der Waals surface area (Å²) in [7, 11) is 0. The van der Waals surface area contributed by atoms with Gasteiger partial charge in [-0.15, -0.1) is 0 Å². The lowest BCUT2D eigenvalue weighted by Crippen LogP contribution is -2.63. The molecular weight excluding hydrogens is 361 g/mol. The summed E-state index contributed by atoms with van der Waals surface area (Å²) in [5.41, 5.74) is -0.757. The average molecular weight is 375 g/mol. The molecule has 2 aliphatic rings. The lowest BCUT2D eigenvalue weighted by molar-refractivity contribution is -0.181. The topological polar surface area (TPSA) is 65.9 Å². The molecule has 1 aromatic rings. The highest BCUT2D eigenvalue weighted by Crippen LogP contribution is 2.33. The molecule has 2 atom stereocenters. The number of nitrogens with zero attached hydrogens (tertiary/aromatic N) is 4. The Morgan fingerprint density at radius 1 is 1.40 bits per heavy atom. The van der Waals surface area contributed by atoms with E-state index in [2.05, 4.69) is 9.98 Å². The van der Waals surface area contributed by atoms with E-state index in [-0.39, 0.29) is 30.9 Å². The van der Waals surface area contributed by atoms with Crippen molar-refractivity contribution in [3.8, 4) is 0 Å². The number of carbonyl (C=O) groups excluding carboxylic acids is 2. The van der Waals surface area contributed by atoms with E-state index in [4.69, 9.17) is 11.6 Å². The van der Waals surface area contributed by atoms with Crippen LogP contribution >= 0.6 is 11.6 Å². The first kappa shape index (κ1) is 17.7. The Morgan fingerprint density at radius 2 is 2.16 bits per heavy atom. The van der Waals surface area contributed by atoms with Crippen molar-refractivity contribution in [2.45, 2.75) is 30.6 Å². The third-order valence-corrected chi connectivity index (χ3v) is 4.33. The third-order valence-electron chi connectivity index (χ3n) is 4.08. The van der Waals surface area contributed by atoms with Gasteiger partial charge in [0.25, 0.3) is 0 Å². The molecule has 0 spiro atoms. The van der Waals surface area contributed by atoms with E-state index < -0.39 is 36.0 Å². The Labute approximate surface area is 146 Å². The maximum atomic E-state index is 13.4. The van der Waals surface area contributed by atoms with Crippen LogP contribution in [0.25, 0.3) is 0 Å². The van der Waals surface area contributed by atoms with Gasteiger partial charge in [0.15, 0.2) is 5.78 Å². The number of pyridine rings is 1. The van der Waals surface area contributed by atoms with Crippen molar-refractivity contribution in [2.75, 3.05) is 13.1 Å².